The van der Waals surface area contributed by atoms with Crippen LogP contribution >= 0.6 is 12.2 Å². The molecular formula is C22H23N5O3S. The molecule has 3 heterocycles. The van der Waals surface area contributed by atoms with Gasteiger partial charge in [0.25, 0.3) is 5.69 Å². The molecule has 1 saturated heterocycles. The number of nitro groups is 1. The zero-order chi connectivity index (χ0) is 22.3. The van der Waals surface area contributed by atoms with Crippen LogP contribution in [0.5, 0.6) is 5.75 Å². The van der Waals surface area contributed by atoms with Crippen molar-refractivity contribution in [3.8, 4) is 11.4 Å². The highest BCUT2D eigenvalue weighted by atomic mass is 32.1. The molecule has 1 aliphatic rings. The van der Waals surface area contributed by atoms with Gasteiger partial charge in [0, 0.05) is 36.8 Å². The Morgan fingerprint density at radius 2 is 2.00 bits per heavy atom. The van der Waals surface area contributed by atoms with Gasteiger partial charge >= 0.3 is 0 Å². The minimum Gasteiger partial charge on any atom is -0.495 e. The minimum absolute atomic E-state index is 0.0111. The van der Waals surface area contributed by atoms with Gasteiger partial charge in [0.15, 0.2) is 5.11 Å². The fourth-order valence-corrected chi connectivity index (χ4v) is 4.51. The molecule has 1 aromatic carbocycles. The molecule has 9 heteroatoms. The number of ether oxygens (including phenoxy) is 1. The maximum absolute atomic E-state index is 11.4. The number of aromatic nitrogens is 2. The molecule has 160 valence electrons. The van der Waals surface area contributed by atoms with Gasteiger partial charge in [-0.3, -0.25) is 15.1 Å². The number of rotatable bonds is 5. The van der Waals surface area contributed by atoms with Crippen molar-refractivity contribution < 1.29 is 9.66 Å². The third-order valence-electron chi connectivity index (χ3n) is 5.74. The molecule has 0 unspecified atom stereocenters. The highest BCUT2D eigenvalue weighted by molar-refractivity contribution is 7.80. The lowest BCUT2D eigenvalue weighted by atomic mass is 9.97. The third kappa shape index (κ3) is 3.50. The molecule has 0 amide bonds. The predicted octanol–water partition coefficient (Wildman–Crippen LogP) is 4.01. The number of nitrogens with zero attached hydrogens (tertiary/aromatic N) is 4. The van der Waals surface area contributed by atoms with Gasteiger partial charge in [-0.2, -0.15) is 0 Å². The first-order valence-electron chi connectivity index (χ1n) is 9.79. The zero-order valence-corrected chi connectivity index (χ0v) is 18.5. The summed E-state index contributed by atoms with van der Waals surface area (Å²) in [4.78, 5) is 17.5. The van der Waals surface area contributed by atoms with Crippen molar-refractivity contribution in [3.05, 3.63) is 81.4 Å². The Bertz CT molecular complexity index is 1160. The standard InChI is InChI=1S/C22H23N5O3S/c1-13-11-16(21-20(24-22(31)25(21)3)17-7-5-6-10-23-17)14(2)26(13)18-12-15(27(28)29)8-9-19(18)30-4/h5-12,20-21H,1-4H3,(H,24,31)/t20-,21-/m0/s1. The monoisotopic (exact) mass is 437 g/mol. The number of pyridine rings is 1. The number of thiocarbonyl (C=S) groups is 1. The summed E-state index contributed by atoms with van der Waals surface area (Å²) in [5, 5.41) is 15.4. The van der Waals surface area contributed by atoms with Crippen LogP contribution in [0, 0.1) is 24.0 Å². The van der Waals surface area contributed by atoms with Gasteiger partial charge in [-0.1, -0.05) is 6.07 Å². The van der Waals surface area contributed by atoms with Crippen molar-refractivity contribution in [2.75, 3.05) is 14.2 Å². The summed E-state index contributed by atoms with van der Waals surface area (Å²) in [5.74, 6) is 0.564. The summed E-state index contributed by atoms with van der Waals surface area (Å²) in [6.07, 6.45) is 1.77. The van der Waals surface area contributed by atoms with Crippen LogP contribution in [0.25, 0.3) is 5.69 Å². The predicted molar refractivity (Wildman–Crippen MR) is 122 cm³/mol. The Hall–Kier alpha value is -3.46. The first-order chi connectivity index (χ1) is 14.8. The second kappa shape index (κ2) is 7.99. The number of hydrogen-bond acceptors (Lipinski definition) is 5. The van der Waals surface area contributed by atoms with E-state index in [0.29, 0.717) is 16.5 Å². The van der Waals surface area contributed by atoms with E-state index in [0.717, 1.165) is 22.6 Å². The molecule has 31 heavy (non-hydrogen) atoms. The fourth-order valence-electron chi connectivity index (χ4n) is 4.27. The maximum atomic E-state index is 11.4. The molecule has 2 atom stereocenters. The van der Waals surface area contributed by atoms with Crippen LogP contribution in [0.15, 0.2) is 48.7 Å². The quantitative estimate of drug-likeness (QED) is 0.367. The summed E-state index contributed by atoms with van der Waals surface area (Å²) in [7, 11) is 3.52. The molecule has 0 saturated carbocycles. The minimum atomic E-state index is -0.401. The van der Waals surface area contributed by atoms with Gasteiger partial charge < -0.3 is 19.5 Å². The van der Waals surface area contributed by atoms with Crippen molar-refractivity contribution in [2.45, 2.75) is 25.9 Å². The molecule has 0 radical (unpaired) electrons. The molecule has 4 rings (SSSR count). The number of methoxy groups -OCH3 is 1. The fraction of sp³-hybridized carbons (Fsp3) is 0.273. The summed E-state index contributed by atoms with van der Waals surface area (Å²) in [6, 6.07) is 12.3. The normalized spacial score (nSPS) is 18.2. The van der Waals surface area contributed by atoms with Gasteiger partial charge in [-0.25, -0.2) is 0 Å². The van der Waals surface area contributed by atoms with Crippen LogP contribution in [0.4, 0.5) is 5.69 Å². The van der Waals surface area contributed by atoms with E-state index in [-0.39, 0.29) is 17.8 Å². The van der Waals surface area contributed by atoms with Crippen LogP contribution in [0.1, 0.15) is 34.7 Å². The summed E-state index contributed by atoms with van der Waals surface area (Å²) >= 11 is 5.54. The Morgan fingerprint density at radius 1 is 1.23 bits per heavy atom. The molecule has 2 aromatic heterocycles. The molecule has 1 fully saturated rings. The average molecular weight is 438 g/mol. The third-order valence-corrected chi connectivity index (χ3v) is 6.15. The summed E-state index contributed by atoms with van der Waals surface area (Å²) in [6.45, 7) is 3.98. The van der Waals surface area contributed by atoms with Crippen LogP contribution in [-0.4, -0.2) is 38.6 Å². The Morgan fingerprint density at radius 3 is 2.65 bits per heavy atom. The van der Waals surface area contributed by atoms with E-state index >= 15 is 0 Å². The topological polar surface area (TPSA) is 85.5 Å². The second-order valence-electron chi connectivity index (χ2n) is 7.51. The van der Waals surface area contributed by atoms with Gasteiger partial charge in [0.2, 0.25) is 0 Å². The number of aryl methyl sites for hydroxylation is 1. The highest BCUT2D eigenvalue weighted by Gasteiger charge is 2.39. The lowest BCUT2D eigenvalue weighted by molar-refractivity contribution is -0.384. The van der Waals surface area contributed by atoms with E-state index < -0.39 is 4.92 Å². The van der Waals surface area contributed by atoms with Crippen LogP contribution < -0.4 is 10.1 Å². The smallest absolute Gasteiger partial charge is 0.271 e. The van der Waals surface area contributed by atoms with Crippen molar-refractivity contribution in [2.24, 2.45) is 0 Å². The molecule has 1 N–H and O–H groups in total. The lowest BCUT2D eigenvalue weighted by Gasteiger charge is -2.24. The number of benzene rings is 1. The van der Waals surface area contributed by atoms with Crippen LogP contribution in [0.2, 0.25) is 0 Å². The van der Waals surface area contributed by atoms with Crippen LogP contribution in [-0.2, 0) is 0 Å². The highest BCUT2D eigenvalue weighted by Crippen LogP contribution is 2.41. The summed E-state index contributed by atoms with van der Waals surface area (Å²) < 4.78 is 7.50. The first kappa shape index (κ1) is 20.8. The molecule has 0 aliphatic carbocycles. The molecule has 8 nitrogen and oxygen atoms in total. The van der Waals surface area contributed by atoms with Gasteiger partial charge in [0.1, 0.15) is 5.75 Å². The van der Waals surface area contributed by atoms with E-state index in [1.165, 1.54) is 6.07 Å². The Balaban J connectivity index is 1.86. The van der Waals surface area contributed by atoms with E-state index in [1.807, 2.05) is 48.6 Å². The van der Waals surface area contributed by atoms with Gasteiger partial charge in [-0.15, -0.1) is 0 Å². The van der Waals surface area contributed by atoms with Gasteiger partial charge in [-0.05, 0) is 55.9 Å². The summed E-state index contributed by atoms with van der Waals surface area (Å²) in [5.41, 5.74) is 4.51. The van der Waals surface area contributed by atoms with E-state index in [4.69, 9.17) is 17.0 Å². The van der Waals surface area contributed by atoms with Gasteiger partial charge in [0.05, 0.1) is 35.5 Å². The molecule has 3 aromatic rings. The van der Waals surface area contributed by atoms with E-state index in [2.05, 4.69) is 16.4 Å². The molecule has 0 bridgehead atoms. The Kier molecular flexibility index (Phi) is 5.36. The molecule has 0 spiro atoms. The SMILES string of the molecule is COc1ccc([N+](=O)[O-])cc1-n1c(C)cc([C@H]2[C@H](c3ccccn3)NC(=S)N2C)c1C. The van der Waals surface area contributed by atoms with Crippen LogP contribution in [0.3, 0.4) is 0 Å². The molecular weight excluding hydrogens is 414 g/mol. The second-order valence-corrected chi connectivity index (χ2v) is 7.90. The van der Waals surface area contributed by atoms with Crippen molar-refractivity contribution in [1.82, 2.24) is 19.8 Å². The number of hydrogen-bond donors (Lipinski definition) is 1. The maximum Gasteiger partial charge on any atom is 0.271 e. The number of nitrogens with one attached hydrogen (secondary N) is 1. The van der Waals surface area contributed by atoms with E-state index in [9.17, 15) is 10.1 Å². The van der Waals surface area contributed by atoms with E-state index in [1.54, 1.807) is 25.4 Å². The average Bonchev–Trinajstić information content (AvgIpc) is 3.22. The number of nitro benzene ring substituents is 1. The number of non-ortho nitro benzene ring substituents is 1. The van der Waals surface area contributed by atoms with Crippen molar-refractivity contribution >= 4 is 23.0 Å². The van der Waals surface area contributed by atoms with Crippen molar-refractivity contribution in [3.63, 3.8) is 0 Å². The largest absolute Gasteiger partial charge is 0.495 e. The van der Waals surface area contributed by atoms with Crippen molar-refractivity contribution in [1.29, 1.82) is 0 Å². The zero-order valence-electron chi connectivity index (χ0n) is 17.7. The first-order valence-corrected chi connectivity index (χ1v) is 10.2. The number of likely N-dealkylation sites (N-methyl/N-ethyl adjacent to an activating group) is 1. The lowest BCUT2D eigenvalue weighted by Crippen LogP contribution is -2.25. The molecule has 1 aliphatic heterocycles. The Labute approximate surface area is 185 Å².